The van der Waals surface area contributed by atoms with E-state index in [2.05, 4.69) is 10.2 Å². The number of carbonyl (C=O) groups excluding carboxylic acids is 2. The molecule has 168 valence electrons. The van der Waals surface area contributed by atoms with Gasteiger partial charge in [0, 0.05) is 43.9 Å². The zero-order valence-corrected chi connectivity index (χ0v) is 19.1. The maximum atomic E-state index is 12.8. The monoisotopic (exact) mass is 451 g/mol. The van der Waals surface area contributed by atoms with Crippen LogP contribution >= 0.6 is 11.6 Å². The Labute approximate surface area is 195 Å². The number of piperidine rings is 2. The lowest BCUT2D eigenvalue weighted by molar-refractivity contribution is -0.130. The predicted molar refractivity (Wildman–Crippen MR) is 131 cm³/mol. The molecule has 2 fully saturated rings. The van der Waals surface area contributed by atoms with Crippen molar-refractivity contribution in [1.82, 2.24) is 4.90 Å². The lowest BCUT2D eigenvalue weighted by Gasteiger charge is -2.31. The highest BCUT2D eigenvalue weighted by Gasteiger charge is 2.27. The lowest BCUT2D eigenvalue weighted by Crippen LogP contribution is -2.40. The summed E-state index contributed by atoms with van der Waals surface area (Å²) in [6.45, 7) is 3.24. The van der Waals surface area contributed by atoms with Crippen LogP contribution in [-0.2, 0) is 9.59 Å². The maximum Gasteiger partial charge on any atom is 0.246 e. The number of carbonyl (C=O) groups is 2. The van der Waals surface area contributed by atoms with Crippen LogP contribution in [0.3, 0.4) is 0 Å². The van der Waals surface area contributed by atoms with Gasteiger partial charge in [-0.05, 0) is 61.9 Å². The van der Waals surface area contributed by atoms with Gasteiger partial charge in [0.25, 0.3) is 0 Å². The molecule has 4 rings (SSSR count). The van der Waals surface area contributed by atoms with Gasteiger partial charge in [0.05, 0.1) is 10.7 Å². The maximum absolute atomic E-state index is 12.8. The standard InChI is InChI=1S/C26H30ClN3O2/c27-23-19-22(10-11-24(23)29-15-5-2-6-16-29)28-26(32)21-13-17-30(18-14-21)25(31)12-9-20-7-3-1-4-8-20/h1,3-4,7-12,19,21H,2,5-6,13-18H2,(H,28,32)/b12-9+. The Morgan fingerprint density at radius 3 is 2.34 bits per heavy atom. The molecule has 2 aromatic rings. The van der Waals surface area contributed by atoms with Crippen molar-refractivity contribution in [2.24, 2.45) is 5.92 Å². The minimum Gasteiger partial charge on any atom is -0.370 e. The number of nitrogens with zero attached hydrogens (tertiary/aromatic N) is 2. The van der Waals surface area contributed by atoms with Gasteiger partial charge in [0.1, 0.15) is 0 Å². The summed E-state index contributed by atoms with van der Waals surface area (Å²) in [5.41, 5.74) is 2.77. The van der Waals surface area contributed by atoms with Gasteiger partial charge in [0.2, 0.25) is 11.8 Å². The first-order valence-electron chi connectivity index (χ1n) is 11.5. The number of rotatable bonds is 5. The van der Waals surface area contributed by atoms with Crippen molar-refractivity contribution in [3.05, 3.63) is 65.2 Å². The smallest absolute Gasteiger partial charge is 0.246 e. The lowest BCUT2D eigenvalue weighted by atomic mass is 9.95. The molecule has 2 amide bonds. The van der Waals surface area contributed by atoms with Gasteiger partial charge in [-0.15, -0.1) is 0 Å². The number of hydrogen-bond acceptors (Lipinski definition) is 3. The SMILES string of the molecule is O=C(Nc1ccc(N2CCCCC2)c(Cl)c1)C1CCN(C(=O)/C=C/c2ccccc2)CC1. The first-order chi connectivity index (χ1) is 15.6. The van der Waals surface area contributed by atoms with E-state index in [0.29, 0.717) is 31.0 Å². The van der Waals surface area contributed by atoms with E-state index in [1.807, 2.05) is 59.5 Å². The van der Waals surface area contributed by atoms with Crippen LogP contribution < -0.4 is 10.2 Å². The molecule has 0 saturated carbocycles. The summed E-state index contributed by atoms with van der Waals surface area (Å²) in [6, 6.07) is 15.6. The Bertz CT molecular complexity index is 962. The van der Waals surface area contributed by atoms with E-state index in [1.54, 1.807) is 6.08 Å². The summed E-state index contributed by atoms with van der Waals surface area (Å²) in [5.74, 6) is -0.107. The first-order valence-corrected chi connectivity index (χ1v) is 11.9. The van der Waals surface area contributed by atoms with Crippen molar-refractivity contribution < 1.29 is 9.59 Å². The molecule has 0 aliphatic carbocycles. The van der Waals surface area contributed by atoms with Crippen molar-refractivity contribution >= 4 is 40.9 Å². The fourth-order valence-electron chi connectivity index (χ4n) is 4.42. The predicted octanol–water partition coefficient (Wildman–Crippen LogP) is 5.22. The quantitative estimate of drug-likeness (QED) is 0.634. The first kappa shape index (κ1) is 22.4. The van der Waals surface area contributed by atoms with Gasteiger partial charge in [-0.2, -0.15) is 0 Å². The van der Waals surface area contributed by atoms with Crippen molar-refractivity contribution in [3.63, 3.8) is 0 Å². The highest BCUT2D eigenvalue weighted by molar-refractivity contribution is 6.33. The number of nitrogens with one attached hydrogen (secondary N) is 1. The molecule has 0 unspecified atom stereocenters. The van der Waals surface area contributed by atoms with E-state index < -0.39 is 0 Å². The number of halogens is 1. The van der Waals surface area contributed by atoms with Gasteiger partial charge in [-0.1, -0.05) is 41.9 Å². The van der Waals surface area contributed by atoms with Crippen LogP contribution in [0.25, 0.3) is 6.08 Å². The number of hydrogen-bond donors (Lipinski definition) is 1. The Kier molecular flexibility index (Phi) is 7.48. The third kappa shape index (κ3) is 5.71. The molecule has 0 radical (unpaired) electrons. The second-order valence-electron chi connectivity index (χ2n) is 8.55. The Morgan fingerprint density at radius 1 is 0.938 bits per heavy atom. The van der Waals surface area contributed by atoms with E-state index in [1.165, 1.54) is 19.3 Å². The van der Waals surface area contributed by atoms with E-state index in [4.69, 9.17) is 11.6 Å². The highest BCUT2D eigenvalue weighted by atomic mass is 35.5. The van der Waals surface area contributed by atoms with Crippen molar-refractivity contribution in [1.29, 1.82) is 0 Å². The summed E-state index contributed by atoms with van der Waals surface area (Å²) in [4.78, 5) is 29.4. The molecule has 0 atom stereocenters. The second kappa shape index (κ2) is 10.7. The largest absolute Gasteiger partial charge is 0.370 e. The summed E-state index contributed by atoms with van der Waals surface area (Å²) >= 11 is 6.52. The van der Waals surface area contributed by atoms with Crippen LogP contribution in [0.2, 0.25) is 5.02 Å². The van der Waals surface area contributed by atoms with Gasteiger partial charge in [-0.3, -0.25) is 9.59 Å². The molecule has 2 saturated heterocycles. The van der Waals surface area contributed by atoms with Crippen molar-refractivity contribution in [2.75, 3.05) is 36.4 Å². The third-order valence-corrected chi connectivity index (χ3v) is 6.61. The highest BCUT2D eigenvalue weighted by Crippen LogP contribution is 2.31. The topological polar surface area (TPSA) is 52.7 Å². The molecule has 0 bridgehead atoms. The van der Waals surface area contributed by atoms with Crippen LogP contribution in [0.15, 0.2) is 54.6 Å². The minimum absolute atomic E-state index is 0.00119. The van der Waals surface area contributed by atoms with Crippen LogP contribution in [0.1, 0.15) is 37.7 Å². The molecule has 2 aliphatic heterocycles. The van der Waals surface area contributed by atoms with Crippen LogP contribution in [0, 0.1) is 5.92 Å². The van der Waals surface area contributed by atoms with Crippen molar-refractivity contribution in [2.45, 2.75) is 32.1 Å². The summed E-state index contributed by atoms with van der Waals surface area (Å²) < 4.78 is 0. The van der Waals surface area contributed by atoms with Gasteiger partial charge in [-0.25, -0.2) is 0 Å². The Hall–Kier alpha value is -2.79. The van der Waals surface area contributed by atoms with E-state index in [0.717, 1.165) is 30.0 Å². The van der Waals surface area contributed by atoms with Crippen molar-refractivity contribution in [3.8, 4) is 0 Å². The van der Waals surface area contributed by atoms with Gasteiger partial charge < -0.3 is 15.1 Å². The third-order valence-electron chi connectivity index (χ3n) is 6.31. The summed E-state index contributed by atoms with van der Waals surface area (Å²) in [6.07, 6.45) is 8.43. The number of likely N-dealkylation sites (tertiary alicyclic amines) is 1. The van der Waals surface area contributed by atoms with E-state index in [9.17, 15) is 9.59 Å². The summed E-state index contributed by atoms with van der Waals surface area (Å²) in [5, 5.41) is 3.69. The van der Waals surface area contributed by atoms with Crippen LogP contribution in [0.4, 0.5) is 11.4 Å². The van der Waals surface area contributed by atoms with Gasteiger partial charge in [0.15, 0.2) is 0 Å². The van der Waals surface area contributed by atoms with Crippen LogP contribution in [-0.4, -0.2) is 42.9 Å². The number of amides is 2. The molecule has 2 heterocycles. The molecule has 2 aromatic carbocycles. The normalized spacial score (nSPS) is 17.5. The molecule has 5 nitrogen and oxygen atoms in total. The van der Waals surface area contributed by atoms with E-state index >= 15 is 0 Å². The van der Waals surface area contributed by atoms with Crippen LogP contribution in [0.5, 0.6) is 0 Å². The number of anilines is 2. The summed E-state index contributed by atoms with van der Waals surface area (Å²) in [7, 11) is 0. The zero-order valence-electron chi connectivity index (χ0n) is 18.3. The second-order valence-corrected chi connectivity index (χ2v) is 8.95. The molecule has 2 aliphatic rings. The Morgan fingerprint density at radius 2 is 1.66 bits per heavy atom. The van der Waals surface area contributed by atoms with Gasteiger partial charge >= 0.3 is 0 Å². The molecule has 0 aromatic heterocycles. The molecule has 1 N–H and O–H groups in total. The zero-order chi connectivity index (χ0) is 22.3. The molecular formula is C26H30ClN3O2. The average molecular weight is 452 g/mol. The molecule has 0 spiro atoms. The van der Waals surface area contributed by atoms with E-state index in [-0.39, 0.29) is 17.7 Å². The fourth-order valence-corrected chi connectivity index (χ4v) is 4.72. The Balaban J connectivity index is 1.27. The number of benzene rings is 2. The molecule has 32 heavy (non-hydrogen) atoms. The fraction of sp³-hybridized carbons (Fsp3) is 0.385. The molecule has 6 heteroatoms. The molecular weight excluding hydrogens is 422 g/mol. The minimum atomic E-state index is -0.0994. The average Bonchev–Trinajstić information content (AvgIpc) is 2.84.